The van der Waals surface area contributed by atoms with E-state index in [2.05, 4.69) is 37.9 Å². The zero-order valence-corrected chi connectivity index (χ0v) is 13.0. The first-order valence-corrected chi connectivity index (χ1v) is 8.08. The van der Waals surface area contributed by atoms with Crippen molar-refractivity contribution < 1.29 is 4.74 Å². The van der Waals surface area contributed by atoms with Gasteiger partial charge in [-0.1, -0.05) is 13.8 Å². The second-order valence-electron chi connectivity index (χ2n) is 7.61. The fourth-order valence-corrected chi connectivity index (χ4v) is 4.27. The average molecular weight is 266 g/mol. The minimum atomic E-state index is 0.317. The molecule has 0 aromatic rings. The molecule has 3 unspecified atom stereocenters. The van der Waals surface area contributed by atoms with Crippen molar-refractivity contribution in [3.8, 4) is 0 Å². The lowest BCUT2D eigenvalue weighted by atomic mass is 9.63. The fourth-order valence-electron chi connectivity index (χ4n) is 4.27. The number of hydrogen-bond acceptors (Lipinski definition) is 3. The molecule has 0 spiro atoms. The molecule has 3 atom stereocenters. The van der Waals surface area contributed by atoms with Crippen LogP contribution in [0.5, 0.6) is 0 Å². The normalized spacial score (nSPS) is 42.9. The molecule has 0 amide bonds. The molecule has 110 valence electrons. The highest BCUT2D eigenvalue weighted by Gasteiger charge is 2.54. The molecule has 2 saturated carbocycles. The highest BCUT2D eigenvalue weighted by atomic mass is 16.5. The monoisotopic (exact) mass is 266 g/mol. The lowest BCUT2D eigenvalue weighted by Crippen LogP contribution is -2.69. The Kier molecular flexibility index (Phi) is 3.43. The molecule has 1 aliphatic heterocycles. The lowest BCUT2D eigenvalue weighted by molar-refractivity contribution is -0.157. The summed E-state index contributed by atoms with van der Waals surface area (Å²) in [5.41, 5.74) is 0.683. The van der Waals surface area contributed by atoms with Gasteiger partial charge in [0.15, 0.2) is 0 Å². The Labute approximate surface area is 118 Å². The highest BCUT2D eigenvalue weighted by Crippen LogP contribution is 2.48. The van der Waals surface area contributed by atoms with Crippen LogP contribution in [0.3, 0.4) is 0 Å². The van der Waals surface area contributed by atoms with Crippen LogP contribution >= 0.6 is 0 Å². The van der Waals surface area contributed by atoms with E-state index < -0.39 is 0 Å². The first-order chi connectivity index (χ1) is 8.97. The maximum Gasteiger partial charge on any atom is 0.0655 e. The van der Waals surface area contributed by atoms with Gasteiger partial charge >= 0.3 is 0 Å². The summed E-state index contributed by atoms with van der Waals surface area (Å²) in [6.07, 6.45) is 4.53. The van der Waals surface area contributed by atoms with Crippen LogP contribution in [0, 0.1) is 11.3 Å². The number of ether oxygens (including phenoxy) is 1. The smallest absolute Gasteiger partial charge is 0.0655 e. The van der Waals surface area contributed by atoms with Crippen LogP contribution in [0.1, 0.15) is 47.0 Å². The number of nitrogens with one attached hydrogen (secondary N) is 1. The summed E-state index contributed by atoms with van der Waals surface area (Å²) in [5, 5.41) is 3.78. The van der Waals surface area contributed by atoms with Crippen LogP contribution in [0.25, 0.3) is 0 Å². The Morgan fingerprint density at radius 1 is 1.26 bits per heavy atom. The third-order valence-corrected chi connectivity index (χ3v) is 5.87. The minimum absolute atomic E-state index is 0.317. The average Bonchev–Trinajstić information content (AvgIpc) is 3.18. The van der Waals surface area contributed by atoms with Crippen LogP contribution in [0.2, 0.25) is 0 Å². The summed E-state index contributed by atoms with van der Waals surface area (Å²) in [6, 6.07) is 0.712. The summed E-state index contributed by atoms with van der Waals surface area (Å²) in [6.45, 7) is 13.7. The van der Waals surface area contributed by atoms with Gasteiger partial charge < -0.3 is 10.1 Å². The van der Waals surface area contributed by atoms with E-state index in [0.29, 0.717) is 23.1 Å². The van der Waals surface area contributed by atoms with Crippen molar-refractivity contribution in [3.63, 3.8) is 0 Å². The van der Waals surface area contributed by atoms with E-state index in [1.54, 1.807) is 0 Å². The molecule has 1 N–H and O–H groups in total. The molecule has 0 aromatic carbocycles. The quantitative estimate of drug-likeness (QED) is 0.845. The Morgan fingerprint density at radius 2 is 2.00 bits per heavy atom. The SMILES string of the molecule is CCOC1CC(N2CCNC(C)(C3CC3)C2)C1(C)C. The first kappa shape index (κ1) is 13.8. The van der Waals surface area contributed by atoms with Crippen molar-refractivity contribution in [2.75, 3.05) is 26.2 Å². The topological polar surface area (TPSA) is 24.5 Å². The van der Waals surface area contributed by atoms with E-state index in [1.165, 1.54) is 32.4 Å². The molecule has 19 heavy (non-hydrogen) atoms. The predicted molar refractivity (Wildman–Crippen MR) is 78.3 cm³/mol. The van der Waals surface area contributed by atoms with Gasteiger partial charge in [0.25, 0.3) is 0 Å². The van der Waals surface area contributed by atoms with Crippen molar-refractivity contribution in [1.29, 1.82) is 0 Å². The van der Waals surface area contributed by atoms with E-state index in [-0.39, 0.29) is 0 Å². The van der Waals surface area contributed by atoms with Gasteiger partial charge in [-0.2, -0.15) is 0 Å². The van der Waals surface area contributed by atoms with Crippen LogP contribution in [0.4, 0.5) is 0 Å². The molecule has 3 heteroatoms. The largest absolute Gasteiger partial charge is 0.378 e. The molecule has 0 bridgehead atoms. The molecule has 3 rings (SSSR count). The highest BCUT2D eigenvalue weighted by molar-refractivity contribution is 5.09. The van der Waals surface area contributed by atoms with Gasteiger partial charge in [-0.3, -0.25) is 4.90 Å². The van der Waals surface area contributed by atoms with E-state index >= 15 is 0 Å². The second-order valence-corrected chi connectivity index (χ2v) is 7.61. The van der Waals surface area contributed by atoms with Crippen molar-refractivity contribution in [3.05, 3.63) is 0 Å². The first-order valence-electron chi connectivity index (χ1n) is 8.08. The molecular weight excluding hydrogens is 236 g/mol. The molecule has 3 fully saturated rings. The molecule has 1 saturated heterocycles. The van der Waals surface area contributed by atoms with E-state index in [4.69, 9.17) is 4.74 Å². The summed E-state index contributed by atoms with van der Waals surface area (Å²) in [4.78, 5) is 2.74. The Hall–Kier alpha value is -0.120. The second kappa shape index (κ2) is 4.71. The van der Waals surface area contributed by atoms with Crippen molar-refractivity contribution in [2.45, 2.75) is 64.6 Å². The molecule has 3 aliphatic rings. The van der Waals surface area contributed by atoms with Crippen molar-refractivity contribution in [2.24, 2.45) is 11.3 Å². The molecule has 0 radical (unpaired) electrons. The van der Waals surface area contributed by atoms with Gasteiger partial charge in [0.2, 0.25) is 0 Å². The van der Waals surface area contributed by atoms with Gasteiger partial charge in [-0.25, -0.2) is 0 Å². The van der Waals surface area contributed by atoms with Crippen LogP contribution < -0.4 is 5.32 Å². The Bertz CT molecular complexity index is 340. The van der Waals surface area contributed by atoms with Gasteiger partial charge in [0, 0.05) is 43.2 Å². The van der Waals surface area contributed by atoms with Crippen LogP contribution in [0.15, 0.2) is 0 Å². The summed E-state index contributed by atoms with van der Waals surface area (Å²) >= 11 is 0. The summed E-state index contributed by atoms with van der Waals surface area (Å²) in [5.74, 6) is 0.918. The van der Waals surface area contributed by atoms with Crippen LogP contribution in [-0.2, 0) is 4.74 Å². The van der Waals surface area contributed by atoms with Crippen molar-refractivity contribution >= 4 is 0 Å². The summed E-state index contributed by atoms with van der Waals surface area (Å²) < 4.78 is 5.88. The number of rotatable bonds is 4. The van der Waals surface area contributed by atoms with E-state index in [9.17, 15) is 0 Å². The molecule has 0 aromatic heterocycles. The van der Waals surface area contributed by atoms with Gasteiger partial charge in [-0.15, -0.1) is 0 Å². The summed E-state index contributed by atoms with van der Waals surface area (Å²) in [7, 11) is 0. The number of hydrogen-bond donors (Lipinski definition) is 1. The fraction of sp³-hybridized carbons (Fsp3) is 1.00. The molecule has 3 nitrogen and oxygen atoms in total. The maximum absolute atomic E-state index is 5.88. The third kappa shape index (κ3) is 2.34. The van der Waals surface area contributed by atoms with E-state index in [0.717, 1.165) is 19.1 Å². The predicted octanol–water partition coefficient (Wildman–Crippen LogP) is 2.26. The standard InChI is InChI=1S/C16H30N2O/c1-5-19-14-10-13(15(14,2)3)18-9-8-17-16(4,11-18)12-6-7-12/h12-14,17H,5-11H2,1-4H3. The van der Waals surface area contributed by atoms with Gasteiger partial charge in [0.05, 0.1) is 6.10 Å². The van der Waals surface area contributed by atoms with Gasteiger partial charge in [0.1, 0.15) is 0 Å². The number of nitrogens with zero attached hydrogens (tertiary/aromatic N) is 1. The maximum atomic E-state index is 5.88. The molecule has 1 heterocycles. The van der Waals surface area contributed by atoms with Crippen LogP contribution in [-0.4, -0.2) is 48.8 Å². The Balaban J connectivity index is 1.63. The molecule has 2 aliphatic carbocycles. The molecular formula is C16H30N2O. The Morgan fingerprint density at radius 3 is 2.58 bits per heavy atom. The van der Waals surface area contributed by atoms with Gasteiger partial charge in [-0.05, 0) is 39.0 Å². The minimum Gasteiger partial charge on any atom is -0.378 e. The van der Waals surface area contributed by atoms with E-state index in [1.807, 2.05) is 0 Å². The number of piperazine rings is 1. The third-order valence-electron chi connectivity index (χ3n) is 5.87. The zero-order valence-electron chi connectivity index (χ0n) is 13.0. The lowest BCUT2D eigenvalue weighted by Gasteiger charge is -2.58. The van der Waals surface area contributed by atoms with Crippen molar-refractivity contribution in [1.82, 2.24) is 10.2 Å². The zero-order chi connectivity index (χ0) is 13.7.